The van der Waals surface area contributed by atoms with Gasteiger partial charge in [0.1, 0.15) is 15.5 Å². The number of amides is 1. The topological polar surface area (TPSA) is 55.7 Å². The summed E-state index contributed by atoms with van der Waals surface area (Å²) in [5.41, 5.74) is -0.660. The minimum atomic E-state index is -2.95. The number of hydrogen-bond acceptors (Lipinski definition) is 3. The molecule has 4 nitrogen and oxygen atoms in total. The van der Waals surface area contributed by atoms with E-state index in [1.54, 1.807) is 45.0 Å². The highest BCUT2D eigenvalue weighted by Gasteiger charge is 2.24. The third-order valence-corrected chi connectivity index (χ3v) is 5.05. The molecule has 2 rings (SSSR count). The largest absolute Gasteiger partial charge is 0.497 e. The predicted octanol–water partition coefficient (Wildman–Crippen LogP) is 3.74. The average Bonchev–Trinajstić information content (AvgIpc) is 2.91. The van der Waals surface area contributed by atoms with Crippen molar-refractivity contribution in [3.63, 3.8) is 0 Å². The molecule has 0 radical (unpaired) electrons. The number of hydrogen-bond donors (Lipinski definition) is 0. The molecule has 1 aliphatic heterocycles. The molecule has 1 aromatic rings. The molecule has 21 heavy (non-hydrogen) atoms. The van der Waals surface area contributed by atoms with E-state index in [0.29, 0.717) is 17.3 Å². The number of nitrogens with zero attached hydrogens (tertiary/aromatic N) is 1. The molecule has 1 atom stereocenters. The summed E-state index contributed by atoms with van der Waals surface area (Å²) in [6, 6.07) is 8.88. The van der Waals surface area contributed by atoms with Crippen LogP contribution in [0.5, 0.6) is 0 Å². The number of benzene rings is 1. The lowest BCUT2D eigenvalue weighted by atomic mass is 9.96. The van der Waals surface area contributed by atoms with Crippen LogP contribution in [0.1, 0.15) is 33.6 Å². The molecule has 0 bridgehead atoms. The zero-order valence-electron chi connectivity index (χ0n) is 12.7. The Hall–Kier alpha value is -1.62. The fourth-order valence-electron chi connectivity index (χ4n) is 1.82. The molecule has 1 heterocycles. The third kappa shape index (κ3) is 3.94. The maximum absolute atomic E-state index is 13.3. The van der Waals surface area contributed by atoms with Crippen LogP contribution in [0.3, 0.4) is 0 Å². The van der Waals surface area contributed by atoms with Crippen LogP contribution in [0.15, 0.2) is 50.8 Å². The van der Waals surface area contributed by atoms with Crippen molar-refractivity contribution in [3.8, 4) is 0 Å². The minimum Gasteiger partial charge on any atom is -0.497 e. The van der Waals surface area contributed by atoms with Crippen LogP contribution in [0.4, 0.5) is 0 Å². The maximum Gasteiger partial charge on any atom is 0.259 e. The first-order valence-electron chi connectivity index (χ1n) is 7.01. The summed E-state index contributed by atoms with van der Waals surface area (Å²) in [6.07, 6.45) is 1.65. The lowest BCUT2D eigenvalue weighted by Gasteiger charge is -2.14. The first kappa shape index (κ1) is 15.8. The van der Waals surface area contributed by atoms with Gasteiger partial charge >= 0.3 is 0 Å². The normalized spacial score (nSPS) is 19.9. The van der Waals surface area contributed by atoms with Crippen LogP contribution in [-0.4, -0.2) is 16.7 Å². The molecule has 1 unspecified atom stereocenters. The Kier molecular flexibility index (Phi) is 4.52. The Balaban J connectivity index is 2.55. The van der Waals surface area contributed by atoms with Crippen molar-refractivity contribution in [2.45, 2.75) is 38.5 Å². The van der Waals surface area contributed by atoms with Crippen molar-refractivity contribution in [2.24, 2.45) is 9.78 Å². The van der Waals surface area contributed by atoms with Crippen LogP contribution in [0, 0.1) is 5.41 Å². The Labute approximate surface area is 126 Å². The Bertz CT molecular complexity index is 655. The zero-order valence-corrected chi connectivity index (χ0v) is 13.5. The lowest BCUT2D eigenvalue weighted by molar-refractivity contribution is -0.124. The van der Waals surface area contributed by atoms with E-state index in [-0.39, 0.29) is 5.91 Å². The lowest BCUT2D eigenvalue weighted by Crippen LogP contribution is -2.19. The molecule has 1 fully saturated rings. The standard InChI is InChI=1S/C16H21NO3S/c1-16(2,3)15(18)17-21(19,12-13-8-7-11-20-13)14-9-5-4-6-10-14/h4-6,9-10,12H,7-8,11H2,1-3H3/b13-12-. The highest BCUT2D eigenvalue weighted by molar-refractivity contribution is 7.96. The van der Waals surface area contributed by atoms with Gasteiger partial charge in [-0.3, -0.25) is 4.79 Å². The predicted molar refractivity (Wildman–Crippen MR) is 83.0 cm³/mol. The van der Waals surface area contributed by atoms with Crippen molar-refractivity contribution in [1.82, 2.24) is 0 Å². The Morgan fingerprint density at radius 3 is 2.48 bits per heavy atom. The molecule has 5 heteroatoms. The molecular weight excluding hydrogens is 286 g/mol. The van der Waals surface area contributed by atoms with E-state index < -0.39 is 15.1 Å². The molecule has 0 spiro atoms. The van der Waals surface area contributed by atoms with Crippen LogP contribution < -0.4 is 0 Å². The first-order chi connectivity index (χ1) is 9.81. The van der Waals surface area contributed by atoms with E-state index in [0.717, 1.165) is 12.8 Å². The summed E-state index contributed by atoms with van der Waals surface area (Å²) in [6.45, 7) is 5.93. The van der Waals surface area contributed by atoms with Crippen LogP contribution in [0.25, 0.3) is 0 Å². The van der Waals surface area contributed by atoms with Gasteiger partial charge in [0.25, 0.3) is 5.91 Å². The van der Waals surface area contributed by atoms with Crippen molar-refractivity contribution in [2.75, 3.05) is 6.61 Å². The number of ether oxygens (including phenoxy) is 1. The quantitative estimate of drug-likeness (QED) is 0.836. The third-order valence-electron chi connectivity index (χ3n) is 3.09. The Morgan fingerprint density at radius 2 is 1.95 bits per heavy atom. The molecule has 1 aromatic carbocycles. The zero-order chi connectivity index (χ0) is 15.5. The van der Waals surface area contributed by atoms with E-state index >= 15 is 0 Å². The van der Waals surface area contributed by atoms with E-state index in [4.69, 9.17) is 4.74 Å². The van der Waals surface area contributed by atoms with Gasteiger partial charge in [0.15, 0.2) is 0 Å². The summed E-state index contributed by atoms with van der Waals surface area (Å²) in [7, 11) is -2.95. The van der Waals surface area contributed by atoms with Gasteiger partial charge in [-0.2, -0.15) is 4.36 Å². The van der Waals surface area contributed by atoms with E-state index in [9.17, 15) is 9.00 Å². The van der Waals surface area contributed by atoms with E-state index in [1.807, 2.05) is 6.07 Å². The van der Waals surface area contributed by atoms with Gasteiger partial charge < -0.3 is 4.74 Å². The minimum absolute atomic E-state index is 0.369. The van der Waals surface area contributed by atoms with Crippen molar-refractivity contribution in [3.05, 3.63) is 41.5 Å². The molecule has 1 saturated heterocycles. The number of carbonyl (C=O) groups excluding carboxylic acids is 1. The van der Waals surface area contributed by atoms with Crippen molar-refractivity contribution in [1.29, 1.82) is 0 Å². The number of allylic oxidation sites excluding steroid dienone is 1. The van der Waals surface area contributed by atoms with Gasteiger partial charge in [0.2, 0.25) is 0 Å². The monoisotopic (exact) mass is 307 g/mol. The average molecular weight is 307 g/mol. The molecule has 1 amide bonds. The van der Waals surface area contributed by atoms with Crippen LogP contribution >= 0.6 is 0 Å². The second-order valence-corrected chi connectivity index (χ2v) is 8.09. The summed E-state index contributed by atoms with van der Waals surface area (Å²) < 4.78 is 22.8. The fraction of sp³-hybridized carbons (Fsp3) is 0.438. The number of rotatable bonds is 2. The highest BCUT2D eigenvalue weighted by Crippen LogP contribution is 2.25. The molecule has 0 aromatic heterocycles. The summed E-state index contributed by atoms with van der Waals surface area (Å²) in [4.78, 5) is 12.7. The van der Waals surface area contributed by atoms with Gasteiger partial charge in [-0.05, 0) is 18.6 Å². The Morgan fingerprint density at radius 1 is 1.29 bits per heavy atom. The summed E-state index contributed by atoms with van der Waals surface area (Å²) in [5.74, 6) is 0.292. The molecule has 114 valence electrons. The second kappa shape index (κ2) is 6.02. The molecule has 1 aliphatic rings. The maximum atomic E-state index is 13.3. The first-order valence-corrected chi connectivity index (χ1v) is 8.59. The smallest absolute Gasteiger partial charge is 0.259 e. The van der Waals surface area contributed by atoms with E-state index in [1.165, 1.54) is 5.41 Å². The van der Waals surface area contributed by atoms with Gasteiger partial charge in [0, 0.05) is 11.8 Å². The second-order valence-electron chi connectivity index (χ2n) is 6.06. The van der Waals surface area contributed by atoms with Crippen LogP contribution in [0.2, 0.25) is 0 Å². The molecular formula is C16H21NO3S. The van der Waals surface area contributed by atoms with Crippen molar-refractivity contribution < 1.29 is 13.7 Å². The number of carbonyl (C=O) groups is 1. The van der Waals surface area contributed by atoms with Gasteiger partial charge in [-0.25, -0.2) is 4.21 Å². The highest BCUT2D eigenvalue weighted by atomic mass is 32.2. The molecule has 0 N–H and O–H groups in total. The van der Waals surface area contributed by atoms with Gasteiger partial charge in [-0.1, -0.05) is 39.0 Å². The SMILES string of the molecule is CC(C)(C)C(=O)N=S(=O)(/C=C1/CCCO1)c1ccccc1. The van der Waals surface area contributed by atoms with Crippen molar-refractivity contribution >= 4 is 15.6 Å². The van der Waals surface area contributed by atoms with E-state index in [2.05, 4.69) is 4.36 Å². The summed E-state index contributed by atoms with van der Waals surface area (Å²) >= 11 is 0. The summed E-state index contributed by atoms with van der Waals surface area (Å²) in [5, 5.41) is 1.53. The fourth-order valence-corrected chi connectivity index (χ4v) is 3.72. The van der Waals surface area contributed by atoms with Gasteiger partial charge in [0.05, 0.1) is 16.9 Å². The van der Waals surface area contributed by atoms with Crippen LogP contribution in [-0.2, 0) is 19.3 Å². The van der Waals surface area contributed by atoms with Gasteiger partial charge in [-0.15, -0.1) is 0 Å². The molecule has 0 saturated carbocycles. The molecule has 0 aliphatic carbocycles.